The highest BCUT2D eigenvalue weighted by Gasteiger charge is 2.16. The first kappa shape index (κ1) is 15.0. The lowest BCUT2D eigenvalue weighted by atomic mass is 10.1. The first-order chi connectivity index (χ1) is 10.8. The number of fused-ring (bicyclic) bond motifs is 1. The molecular weight excluding hydrogens is 297 g/mol. The van der Waals surface area contributed by atoms with Crippen LogP contribution < -0.4 is 10.1 Å². The first-order valence-electron chi connectivity index (χ1n) is 7.31. The molecule has 0 amide bonds. The third kappa shape index (κ3) is 3.13. The molecule has 0 fully saturated rings. The van der Waals surface area contributed by atoms with Crippen LogP contribution in [0.3, 0.4) is 0 Å². The van der Waals surface area contributed by atoms with Gasteiger partial charge in [-0.05, 0) is 37.2 Å². The first-order valence-corrected chi connectivity index (χ1v) is 8.19. The highest BCUT2D eigenvalue weighted by atomic mass is 32.1. The second kappa shape index (κ2) is 6.90. The van der Waals surface area contributed by atoms with Crippen molar-refractivity contribution in [3.8, 4) is 5.75 Å². The van der Waals surface area contributed by atoms with Crippen LogP contribution in [0, 0.1) is 5.82 Å². The van der Waals surface area contributed by atoms with Crippen LogP contribution in [0.15, 0.2) is 53.9 Å². The molecule has 0 bridgehead atoms. The minimum atomic E-state index is -0.217. The predicted octanol–water partition coefficient (Wildman–Crippen LogP) is 4.77. The molecule has 1 heterocycles. The quantitative estimate of drug-likeness (QED) is 0.707. The number of halogens is 1. The van der Waals surface area contributed by atoms with E-state index in [9.17, 15) is 4.39 Å². The van der Waals surface area contributed by atoms with Gasteiger partial charge in [-0.15, -0.1) is 11.3 Å². The van der Waals surface area contributed by atoms with E-state index in [1.165, 1.54) is 10.9 Å². The Morgan fingerprint density at radius 2 is 1.91 bits per heavy atom. The molecular formula is C18H18FNOS. The third-order valence-corrected chi connectivity index (χ3v) is 4.58. The molecule has 0 radical (unpaired) electrons. The van der Waals surface area contributed by atoms with Crippen molar-refractivity contribution in [3.63, 3.8) is 0 Å². The fourth-order valence-corrected chi connectivity index (χ4v) is 3.29. The Bertz CT molecular complexity index is 742. The van der Waals surface area contributed by atoms with E-state index < -0.39 is 0 Å². The fourth-order valence-electron chi connectivity index (χ4n) is 2.50. The van der Waals surface area contributed by atoms with Gasteiger partial charge in [0.05, 0.1) is 0 Å². The molecule has 0 saturated heterocycles. The zero-order valence-electron chi connectivity index (χ0n) is 12.4. The van der Waals surface area contributed by atoms with E-state index in [0.717, 1.165) is 24.1 Å². The summed E-state index contributed by atoms with van der Waals surface area (Å²) in [6.45, 7) is 0.863. The van der Waals surface area contributed by atoms with Crippen LogP contribution in [-0.4, -0.2) is 13.6 Å². The molecule has 1 atom stereocenters. The molecule has 0 aliphatic carbocycles. The normalized spacial score (nSPS) is 12.5. The monoisotopic (exact) mass is 315 g/mol. The number of thiophene rings is 1. The number of benzene rings is 2. The van der Waals surface area contributed by atoms with Crippen LogP contribution in [0.25, 0.3) is 10.8 Å². The standard InChI is InChI=1S/C18H18FNOS/c1-20-11-10-17(18-7-4-12-22-18)21-16-9-8-15(19)13-5-2-3-6-14(13)16/h2-9,12,17,20H,10-11H2,1H3/t17-/m0/s1. The average molecular weight is 315 g/mol. The van der Waals surface area contributed by atoms with Crippen molar-refractivity contribution in [1.82, 2.24) is 5.32 Å². The third-order valence-electron chi connectivity index (χ3n) is 3.62. The lowest BCUT2D eigenvalue weighted by Crippen LogP contribution is -2.15. The molecule has 0 aliphatic rings. The van der Waals surface area contributed by atoms with Crippen molar-refractivity contribution < 1.29 is 9.13 Å². The lowest BCUT2D eigenvalue weighted by molar-refractivity contribution is 0.201. The van der Waals surface area contributed by atoms with E-state index in [1.54, 1.807) is 23.5 Å². The Morgan fingerprint density at radius 3 is 2.64 bits per heavy atom. The van der Waals surface area contributed by atoms with Crippen LogP contribution in [0.4, 0.5) is 4.39 Å². The summed E-state index contributed by atoms with van der Waals surface area (Å²) in [6, 6.07) is 14.7. The molecule has 0 aliphatic heterocycles. The maximum absolute atomic E-state index is 13.9. The van der Waals surface area contributed by atoms with Gasteiger partial charge in [0.1, 0.15) is 17.7 Å². The number of hydrogen-bond acceptors (Lipinski definition) is 3. The highest BCUT2D eigenvalue weighted by molar-refractivity contribution is 7.10. The van der Waals surface area contributed by atoms with E-state index in [0.29, 0.717) is 5.39 Å². The van der Waals surface area contributed by atoms with E-state index in [-0.39, 0.29) is 11.9 Å². The topological polar surface area (TPSA) is 21.3 Å². The number of hydrogen-bond donors (Lipinski definition) is 1. The van der Waals surface area contributed by atoms with Crippen LogP contribution >= 0.6 is 11.3 Å². The van der Waals surface area contributed by atoms with Crippen LogP contribution in [0.2, 0.25) is 0 Å². The summed E-state index contributed by atoms with van der Waals surface area (Å²) in [5, 5.41) is 6.62. The minimum absolute atomic E-state index is 0.0266. The summed E-state index contributed by atoms with van der Waals surface area (Å²) >= 11 is 1.68. The molecule has 0 spiro atoms. The number of nitrogens with one attached hydrogen (secondary N) is 1. The Kier molecular flexibility index (Phi) is 4.71. The van der Waals surface area contributed by atoms with E-state index >= 15 is 0 Å². The molecule has 114 valence electrons. The predicted molar refractivity (Wildman–Crippen MR) is 90.1 cm³/mol. The van der Waals surface area contributed by atoms with Crippen LogP contribution in [0.5, 0.6) is 5.75 Å². The van der Waals surface area contributed by atoms with Crippen LogP contribution in [-0.2, 0) is 0 Å². The molecule has 2 aromatic carbocycles. The molecule has 0 unspecified atom stereocenters. The van der Waals surface area contributed by atoms with Gasteiger partial charge in [-0.3, -0.25) is 0 Å². The Balaban J connectivity index is 1.94. The molecule has 4 heteroatoms. The van der Waals surface area contributed by atoms with Crippen molar-refractivity contribution in [2.24, 2.45) is 0 Å². The molecule has 1 N–H and O–H groups in total. The van der Waals surface area contributed by atoms with Gasteiger partial charge in [-0.2, -0.15) is 0 Å². The maximum Gasteiger partial charge on any atom is 0.134 e. The van der Waals surface area contributed by atoms with Gasteiger partial charge < -0.3 is 10.1 Å². The second-order valence-electron chi connectivity index (χ2n) is 5.11. The van der Waals surface area contributed by atoms with Gasteiger partial charge in [-0.25, -0.2) is 4.39 Å². The van der Waals surface area contributed by atoms with Gasteiger partial charge in [-0.1, -0.05) is 30.3 Å². The van der Waals surface area contributed by atoms with Gasteiger partial charge in [0, 0.05) is 22.1 Å². The Labute approximate surface area is 133 Å². The molecule has 1 aromatic heterocycles. The Hall–Kier alpha value is -1.91. The molecule has 3 aromatic rings. The summed E-state index contributed by atoms with van der Waals surface area (Å²) in [6.07, 6.45) is 0.837. The molecule has 22 heavy (non-hydrogen) atoms. The van der Waals surface area contributed by atoms with Gasteiger partial charge in [0.15, 0.2) is 0 Å². The highest BCUT2D eigenvalue weighted by Crippen LogP contribution is 2.33. The van der Waals surface area contributed by atoms with Crippen molar-refractivity contribution in [2.45, 2.75) is 12.5 Å². The summed E-state index contributed by atoms with van der Waals surface area (Å²) < 4.78 is 20.1. The Morgan fingerprint density at radius 1 is 1.09 bits per heavy atom. The van der Waals surface area contributed by atoms with Crippen molar-refractivity contribution >= 4 is 22.1 Å². The zero-order valence-corrected chi connectivity index (χ0v) is 13.2. The maximum atomic E-state index is 13.9. The lowest BCUT2D eigenvalue weighted by Gasteiger charge is -2.19. The van der Waals surface area contributed by atoms with Gasteiger partial charge >= 0.3 is 0 Å². The van der Waals surface area contributed by atoms with E-state index in [2.05, 4.69) is 11.4 Å². The van der Waals surface area contributed by atoms with Gasteiger partial charge in [0.2, 0.25) is 0 Å². The minimum Gasteiger partial charge on any atom is -0.484 e. The summed E-state index contributed by atoms with van der Waals surface area (Å²) in [5.74, 6) is 0.511. The second-order valence-corrected chi connectivity index (χ2v) is 6.08. The number of ether oxygens (including phenoxy) is 1. The molecule has 0 saturated carbocycles. The van der Waals surface area contributed by atoms with Crippen LogP contribution in [0.1, 0.15) is 17.4 Å². The number of rotatable bonds is 6. The molecule has 3 rings (SSSR count). The van der Waals surface area contributed by atoms with Gasteiger partial charge in [0.25, 0.3) is 0 Å². The van der Waals surface area contributed by atoms with Crippen molar-refractivity contribution in [1.29, 1.82) is 0 Å². The zero-order chi connectivity index (χ0) is 15.4. The summed E-state index contributed by atoms with van der Waals surface area (Å²) in [5.41, 5.74) is 0. The SMILES string of the molecule is CNCC[C@H](Oc1ccc(F)c2ccccc12)c1cccs1. The summed E-state index contributed by atoms with van der Waals surface area (Å²) in [7, 11) is 1.93. The molecule has 2 nitrogen and oxygen atoms in total. The van der Waals surface area contributed by atoms with E-state index in [4.69, 9.17) is 4.74 Å². The average Bonchev–Trinajstić information content (AvgIpc) is 3.08. The fraction of sp³-hybridized carbons (Fsp3) is 0.222. The smallest absolute Gasteiger partial charge is 0.134 e. The van der Waals surface area contributed by atoms with Crippen molar-refractivity contribution in [3.05, 3.63) is 64.6 Å². The largest absolute Gasteiger partial charge is 0.484 e. The summed E-state index contributed by atoms with van der Waals surface area (Å²) in [4.78, 5) is 1.18. The van der Waals surface area contributed by atoms with Crippen molar-refractivity contribution in [2.75, 3.05) is 13.6 Å². The van der Waals surface area contributed by atoms with E-state index in [1.807, 2.05) is 36.7 Å².